The van der Waals surface area contributed by atoms with Crippen LogP contribution in [0.25, 0.3) is 0 Å². The Morgan fingerprint density at radius 1 is 0.612 bits per heavy atom. The molecule has 6 aliphatic heterocycles. The summed E-state index contributed by atoms with van der Waals surface area (Å²) in [6, 6.07) is -3.30. The zero-order valence-corrected chi connectivity index (χ0v) is 52.9. The first-order chi connectivity index (χ1) is 46.5. The molecule has 0 radical (unpaired) electrons. The minimum Gasteiger partial charge on any atom is -0.462 e. The molecule has 25 unspecified atom stereocenters. The summed E-state index contributed by atoms with van der Waals surface area (Å²) in [4.78, 5) is 101. The van der Waals surface area contributed by atoms with Crippen LogP contribution in [0.15, 0.2) is 48.5 Å². The second-order valence-corrected chi connectivity index (χ2v) is 24.8. The zero-order valence-electron chi connectivity index (χ0n) is 52.9. The van der Waals surface area contributed by atoms with Crippen molar-refractivity contribution in [3.63, 3.8) is 0 Å². The summed E-state index contributed by atoms with van der Waals surface area (Å²) in [6.07, 6.45) is -32.5. The van der Waals surface area contributed by atoms with Crippen molar-refractivity contribution in [2.24, 2.45) is 5.92 Å². The number of rotatable bonds is 20. The number of amides is 6. The average molecular weight is 1400 g/mol. The first-order valence-electron chi connectivity index (χ1n) is 31.4. The molecular formula is C59H85FN12O26. The van der Waals surface area contributed by atoms with Gasteiger partial charge in [-0.05, 0) is 41.3 Å². The van der Waals surface area contributed by atoms with E-state index in [0.717, 1.165) is 17.0 Å². The maximum atomic E-state index is 15.2. The van der Waals surface area contributed by atoms with Crippen molar-refractivity contribution in [1.29, 1.82) is 10.8 Å². The minimum atomic E-state index is -2.40. The quantitative estimate of drug-likeness (QED) is 0.0547. The highest BCUT2D eigenvalue weighted by Gasteiger charge is 2.55. The van der Waals surface area contributed by atoms with Crippen molar-refractivity contribution in [3.05, 3.63) is 65.5 Å². The maximum Gasteiger partial charge on any atom is 0.306 e. The molecule has 6 fully saturated rings. The van der Waals surface area contributed by atoms with E-state index in [1.807, 2.05) is 0 Å². The number of esters is 1. The molecule has 0 aromatic heterocycles. The Balaban J connectivity index is 1.11. The summed E-state index contributed by atoms with van der Waals surface area (Å²) in [5.41, 5.74) is 0.279. The van der Waals surface area contributed by atoms with Gasteiger partial charge in [-0.3, -0.25) is 44.4 Å². The Bertz CT molecular complexity index is 3150. The van der Waals surface area contributed by atoms with Crippen LogP contribution in [0.4, 0.5) is 4.39 Å². The Labute approximate surface area is 557 Å². The van der Waals surface area contributed by atoms with Crippen LogP contribution in [0.5, 0.6) is 5.75 Å². The molecule has 0 saturated carbocycles. The Kier molecular flexibility index (Phi) is 26.0. The van der Waals surface area contributed by atoms with Crippen LogP contribution in [0, 0.1) is 22.6 Å². The predicted octanol–water partition coefficient (Wildman–Crippen LogP) is -11.5. The summed E-state index contributed by atoms with van der Waals surface area (Å²) < 4.78 is 49.1. The van der Waals surface area contributed by atoms with E-state index in [2.05, 4.69) is 47.9 Å². The number of benzene rings is 2. The van der Waals surface area contributed by atoms with Crippen molar-refractivity contribution in [2.45, 2.75) is 186 Å². The van der Waals surface area contributed by atoms with Crippen LogP contribution >= 0.6 is 0 Å². The molecule has 2 aromatic carbocycles. The number of guanidine groups is 2. The van der Waals surface area contributed by atoms with Gasteiger partial charge in [0.05, 0.1) is 45.1 Å². The lowest BCUT2D eigenvalue weighted by Gasteiger charge is -2.46. The molecule has 0 aliphatic carbocycles. The van der Waals surface area contributed by atoms with Gasteiger partial charge >= 0.3 is 5.97 Å². The number of carbonyl (C=O) groups is 7. The fraction of sp³-hybridized carbons (Fsp3) is 0.644. The first-order valence-corrected chi connectivity index (χ1v) is 31.4. The van der Waals surface area contributed by atoms with E-state index in [1.54, 1.807) is 13.8 Å². The molecular weight excluding hydrogens is 1310 g/mol. The van der Waals surface area contributed by atoms with Crippen LogP contribution in [-0.4, -0.2) is 317 Å². The van der Waals surface area contributed by atoms with E-state index in [4.69, 9.17) is 39.2 Å². The van der Waals surface area contributed by atoms with E-state index in [1.165, 1.54) is 43.3 Å². The van der Waals surface area contributed by atoms with E-state index in [9.17, 15) is 94.7 Å². The van der Waals surface area contributed by atoms with Gasteiger partial charge in [-0.2, -0.15) is 0 Å². The highest BCUT2D eigenvalue weighted by atomic mass is 19.1. The van der Waals surface area contributed by atoms with Crippen molar-refractivity contribution in [3.8, 4) is 5.75 Å². The lowest BCUT2D eigenvalue weighted by Crippen LogP contribution is -2.69. The SMILES string of the molecule is CC(C)CC(=O)OC1C(OC2C(CO)OC(Oc3ccc(CC4NC(=O)C(C(C)c5cccc(F)c5)NC(=O)CNC(=O)C(CO)NC(=O)C(C(O)C5CNC(=N)N5C5OC(CO)C(O)C(O)C5O)NC(=O)C(C(O)C5CNC(=N)N5)NC4=O)cc3)C(O)C2O)OC(CO)C(O)C1O. The smallest absolute Gasteiger partial charge is 0.306 e. The van der Waals surface area contributed by atoms with Gasteiger partial charge in [0, 0.05) is 31.8 Å². The van der Waals surface area contributed by atoms with Gasteiger partial charge in [-0.15, -0.1) is 0 Å². The van der Waals surface area contributed by atoms with Crippen LogP contribution in [0.3, 0.4) is 0 Å². The van der Waals surface area contributed by atoms with Gasteiger partial charge in [0.1, 0.15) is 121 Å². The third-order valence-electron chi connectivity index (χ3n) is 17.5. The van der Waals surface area contributed by atoms with Crippen LogP contribution in [0.1, 0.15) is 44.2 Å². The highest BCUT2D eigenvalue weighted by molar-refractivity contribution is 5.98. The van der Waals surface area contributed by atoms with E-state index < -0.39 is 252 Å². The molecule has 6 saturated heterocycles. The van der Waals surface area contributed by atoms with Gasteiger partial charge in [0.2, 0.25) is 41.7 Å². The summed E-state index contributed by atoms with van der Waals surface area (Å²) >= 11 is 0. The van der Waals surface area contributed by atoms with Gasteiger partial charge in [0.25, 0.3) is 0 Å². The number of hydrogen-bond donors (Lipinski definition) is 24. The predicted molar refractivity (Wildman–Crippen MR) is 325 cm³/mol. The molecule has 39 heteroatoms. The van der Waals surface area contributed by atoms with E-state index in [-0.39, 0.29) is 41.7 Å². The third-order valence-corrected chi connectivity index (χ3v) is 17.5. The minimum absolute atomic E-state index is 0.121. The van der Waals surface area contributed by atoms with E-state index in [0.29, 0.717) is 0 Å². The molecule has 6 amide bonds. The van der Waals surface area contributed by atoms with Gasteiger partial charge < -0.3 is 148 Å². The number of nitrogens with zero attached hydrogens (tertiary/aromatic N) is 1. The second-order valence-electron chi connectivity index (χ2n) is 24.8. The molecule has 544 valence electrons. The monoisotopic (exact) mass is 1400 g/mol. The molecule has 6 aliphatic rings. The molecule has 6 heterocycles. The average Bonchev–Trinajstić information content (AvgIpc) is 1.32. The van der Waals surface area contributed by atoms with Crippen molar-refractivity contribution in [2.75, 3.05) is 46.1 Å². The Morgan fingerprint density at radius 3 is 1.85 bits per heavy atom. The van der Waals surface area contributed by atoms with Gasteiger partial charge in [-0.25, -0.2) is 4.39 Å². The Morgan fingerprint density at radius 2 is 1.21 bits per heavy atom. The maximum absolute atomic E-state index is 15.2. The number of aliphatic hydroxyl groups is 13. The van der Waals surface area contributed by atoms with Crippen LogP contribution in [-0.2, 0) is 63.7 Å². The Hall–Kier alpha value is -7.68. The molecule has 0 spiro atoms. The zero-order chi connectivity index (χ0) is 71.7. The highest BCUT2D eigenvalue weighted by Crippen LogP contribution is 2.33. The summed E-state index contributed by atoms with van der Waals surface area (Å²) in [5.74, 6) is -11.9. The van der Waals surface area contributed by atoms with Crippen LogP contribution < -0.4 is 52.6 Å². The normalized spacial score (nSPS) is 35.7. The number of nitrogens with one attached hydrogen (secondary N) is 11. The fourth-order valence-corrected chi connectivity index (χ4v) is 12.0. The van der Waals surface area contributed by atoms with Gasteiger partial charge in [0.15, 0.2) is 30.5 Å². The van der Waals surface area contributed by atoms with Crippen molar-refractivity contribution >= 4 is 53.3 Å². The molecule has 38 nitrogen and oxygen atoms in total. The van der Waals surface area contributed by atoms with E-state index >= 15 is 9.59 Å². The molecule has 8 rings (SSSR count). The van der Waals surface area contributed by atoms with Gasteiger partial charge in [-0.1, -0.05) is 45.0 Å². The van der Waals surface area contributed by atoms with Crippen molar-refractivity contribution < 1.29 is 133 Å². The number of halogens is 1. The van der Waals surface area contributed by atoms with Crippen molar-refractivity contribution in [1.82, 2.24) is 52.8 Å². The molecule has 98 heavy (non-hydrogen) atoms. The first kappa shape index (κ1) is 76.1. The number of hydrogen-bond acceptors (Lipinski definition) is 28. The summed E-state index contributed by atoms with van der Waals surface area (Å²) in [7, 11) is 0. The molecule has 25 atom stereocenters. The summed E-state index contributed by atoms with van der Waals surface area (Å²) in [5, 5.41) is 181. The fourth-order valence-electron chi connectivity index (χ4n) is 12.0. The molecule has 0 bridgehead atoms. The lowest BCUT2D eigenvalue weighted by atomic mass is 9.91. The second kappa shape index (κ2) is 33.5. The number of ether oxygens (including phenoxy) is 6. The lowest BCUT2D eigenvalue weighted by molar-refractivity contribution is -0.353. The van der Waals surface area contributed by atoms with Crippen LogP contribution in [0.2, 0.25) is 0 Å². The standard InChI is InChI=1S/C59H85FN12O26/c1-21(2)11-35(78)97-49-44(84)42(82)32(19-75)95-57(49)98-48-33(20-76)96-56(47(87)45(48)85)93-26-9-7-23(8-10-26)12-27-51(89)70-37(39(79)28-14-64-58(61)68-28)54(92)71-38(40(80)30-15-65-59(62)72(30)55-46(86)43(83)41(81)31(18-74)94-55)53(91)67-29(17-73)50(88)63-16-34(77)69-36(52(90)66-27)22(3)24-5-4-6-25(60)13-24/h4-10,13,21-22,27-33,36-49,55-57,73-76,79-87H,11-12,14-20H2,1-3H3,(H2,62,65)(H,63,88)(H,66,90)(H,67,91)(H,69,77)(H,70,89)(H,71,92)(H3,61,64,68). The third kappa shape index (κ3) is 17.7. The number of aliphatic hydroxyl groups excluding tert-OH is 13. The largest absolute Gasteiger partial charge is 0.462 e. The number of carbonyl (C=O) groups excluding carboxylic acids is 7. The topological polar surface area (TPSA) is 597 Å². The molecule has 24 N–H and O–H groups in total. The molecule has 2 aromatic rings. The summed E-state index contributed by atoms with van der Waals surface area (Å²) in [6.45, 7) is -0.904.